The Labute approximate surface area is 196 Å². The third kappa shape index (κ3) is 4.11. The number of hydrogen-bond acceptors (Lipinski definition) is 8. The molecule has 3 aromatic heterocycles. The molecule has 0 bridgehead atoms. The van der Waals surface area contributed by atoms with Crippen LogP contribution in [-0.2, 0) is 12.8 Å². The minimum atomic E-state index is -0.0511. The summed E-state index contributed by atoms with van der Waals surface area (Å²) in [5.41, 5.74) is 2.64. The van der Waals surface area contributed by atoms with Crippen LogP contribution in [0, 0.1) is 0 Å². The second kappa shape index (κ2) is 8.93. The SMILES string of the molecule is CSc1ccc(-c2noc(CSc3nc4cc(-c5ccccc5)sc4c(=O)n3C)n2)cc1. The molecule has 0 spiro atoms. The van der Waals surface area contributed by atoms with Crippen LogP contribution in [0.25, 0.3) is 32.0 Å². The topological polar surface area (TPSA) is 73.8 Å². The second-order valence-electron chi connectivity index (χ2n) is 6.98. The normalized spacial score (nSPS) is 11.3. The van der Waals surface area contributed by atoms with Crippen LogP contribution in [0.3, 0.4) is 0 Å². The number of thioether (sulfide) groups is 2. The number of rotatable bonds is 6. The minimum absolute atomic E-state index is 0.0511. The fourth-order valence-electron chi connectivity index (χ4n) is 3.21. The largest absolute Gasteiger partial charge is 0.338 e. The number of aromatic nitrogens is 4. The maximum Gasteiger partial charge on any atom is 0.271 e. The van der Waals surface area contributed by atoms with Gasteiger partial charge in [0.25, 0.3) is 5.56 Å². The van der Waals surface area contributed by atoms with Crippen molar-refractivity contribution in [3.05, 3.63) is 76.9 Å². The van der Waals surface area contributed by atoms with Crippen molar-refractivity contribution in [2.75, 3.05) is 6.26 Å². The van der Waals surface area contributed by atoms with Crippen molar-refractivity contribution >= 4 is 45.1 Å². The lowest BCUT2D eigenvalue weighted by Gasteiger charge is -2.05. The summed E-state index contributed by atoms with van der Waals surface area (Å²) < 4.78 is 7.65. The maximum atomic E-state index is 12.9. The molecular weight excluding hydrogens is 460 g/mol. The number of nitrogens with zero attached hydrogens (tertiary/aromatic N) is 4. The van der Waals surface area contributed by atoms with E-state index in [1.165, 1.54) is 28.0 Å². The van der Waals surface area contributed by atoms with Gasteiger partial charge in [-0.25, -0.2) is 4.98 Å². The molecule has 5 aromatic rings. The summed E-state index contributed by atoms with van der Waals surface area (Å²) in [6, 6.07) is 20.0. The molecule has 0 aliphatic rings. The van der Waals surface area contributed by atoms with Gasteiger partial charge < -0.3 is 4.52 Å². The van der Waals surface area contributed by atoms with Gasteiger partial charge in [0, 0.05) is 22.4 Å². The quantitative estimate of drug-likeness (QED) is 0.228. The van der Waals surface area contributed by atoms with Crippen molar-refractivity contribution in [3.63, 3.8) is 0 Å². The maximum absolute atomic E-state index is 12.9. The van der Waals surface area contributed by atoms with Crippen LogP contribution in [-0.4, -0.2) is 25.9 Å². The zero-order valence-corrected chi connectivity index (χ0v) is 19.8. The van der Waals surface area contributed by atoms with Crippen molar-refractivity contribution in [1.29, 1.82) is 0 Å². The van der Waals surface area contributed by atoms with Crippen molar-refractivity contribution in [3.8, 4) is 21.8 Å². The molecule has 0 atom stereocenters. The van der Waals surface area contributed by atoms with E-state index in [0.717, 1.165) is 16.0 Å². The molecule has 32 heavy (non-hydrogen) atoms. The molecule has 0 aliphatic heterocycles. The van der Waals surface area contributed by atoms with Crippen molar-refractivity contribution in [1.82, 2.24) is 19.7 Å². The molecule has 0 unspecified atom stereocenters. The van der Waals surface area contributed by atoms with Gasteiger partial charge in [-0.3, -0.25) is 9.36 Å². The summed E-state index contributed by atoms with van der Waals surface area (Å²) in [5, 5.41) is 4.70. The highest BCUT2D eigenvalue weighted by Gasteiger charge is 2.15. The molecule has 6 nitrogen and oxygen atoms in total. The van der Waals surface area contributed by atoms with Gasteiger partial charge in [0.2, 0.25) is 11.7 Å². The Morgan fingerprint density at radius 3 is 2.56 bits per heavy atom. The van der Waals surface area contributed by atoms with Gasteiger partial charge in [-0.2, -0.15) is 4.98 Å². The van der Waals surface area contributed by atoms with Crippen LogP contribution in [0.5, 0.6) is 0 Å². The zero-order valence-electron chi connectivity index (χ0n) is 17.3. The van der Waals surface area contributed by atoms with Crippen LogP contribution >= 0.6 is 34.9 Å². The Bertz CT molecular complexity index is 1440. The molecule has 3 heterocycles. The molecule has 2 aromatic carbocycles. The van der Waals surface area contributed by atoms with Gasteiger partial charge in [-0.15, -0.1) is 23.1 Å². The van der Waals surface area contributed by atoms with Gasteiger partial charge in [-0.05, 0) is 42.2 Å². The number of hydrogen-bond donors (Lipinski definition) is 0. The Hall–Kier alpha value is -2.88. The molecular formula is C23H18N4O2S3. The standard InChI is InChI=1S/C23H18N4O2S3/c1-27-22(28)20-17(12-18(32-20)14-6-4-3-5-7-14)24-23(27)31-13-19-25-21(26-29-19)15-8-10-16(30-2)11-9-15/h3-12H,13H2,1-2H3. The summed E-state index contributed by atoms with van der Waals surface area (Å²) in [5.74, 6) is 1.47. The van der Waals surface area contributed by atoms with Gasteiger partial charge >= 0.3 is 0 Å². The van der Waals surface area contributed by atoms with E-state index in [1.54, 1.807) is 23.4 Å². The van der Waals surface area contributed by atoms with Crippen molar-refractivity contribution in [2.24, 2.45) is 7.05 Å². The summed E-state index contributed by atoms with van der Waals surface area (Å²) >= 11 is 4.56. The monoisotopic (exact) mass is 478 g/mol. The molecule has 0 saturated heterocycles. The highest BCUT2D eigenvalue weighted by atomic mass is 32.2. The lowest BCUT2D eigenvalue weighted by Crippen LogP contribution is -2.18. The lowest BCUT2D eigenvalue weighted by molar-refractivity contribution is 0.391. The lowest BCUT2D eigenvalue weighted by atomic mass is 10.2. The van der Waals surface area contributed by atoms with E-state index in [0.29, 0.717) is 32.8 Å². The smallest absolute Gasteiger partial charge is 0.271 e. The van der Waals surface area contributed by atoms with Gasteiger partial charge in [0.05, 0.1) is 11.3 Å². The highest BCUT2D eigenvalue weighted by molar-refractivity contribution is 7.98. The molecule has 5 rings (SSSR count). The van der Waals surface area contributed by atoms with Crippen LogP contribution in [0.4, 0.5) is 0 Å². The molecule has 9 heteroatoms. The molecule has 0 aliphatic carbocycles. The molecule has 0 saturated carbocycles. The first-order valence-electron chi connectivity index (χ1n) is 9.78. The van der Waals surface area contributed by atoms with E-state index >= 15 is 0 Å². The van der Waals surface area contributed by atoms with Gasteiger partial charge in [-0.1, -0.05) is 47.3 Å². The second-order valence-corrected chi connectivity index (χ2v) is 9.85. The number of thiophene rings is 1. The highest BCUT2D eigenvalue weighted by Crippen LogP contribution is 2.32. The van der Waals surface area contributed by atoms with E-state index in [1.807, 2.05) is 66.9 Å². The molecule has 0 N–H and O–H groups in total. The fraction of sp³-hybridized carbons (Fsp3) is 0.130. The minimum Gasteiger partial charge on any atom is -0.338 e. The van der Waals surface area contributed by atoms with Crippen molar-refractivity contribution in [2.45, 2.75) is 15.8 Å². The number of benzene rings is 2. The van der Waals surface area contributed by atoms with E-state index in [-0.39, 0.29) is 5.56 Å². The molecule has 160 valence electrons. The zero-order chi connectivity index (χ0) is 22.1. The third-order valence-corrected chi connectivity index (χ3v) is 7.83. The van der Waals surface area contributed by atoms with Crippen LogP contribution < -0.4 is 5.56 Å². The first-order valence-corrected chi connectivity index (χ1v) is 12.8. The molecule has 0 amide bonds. The molecule has 0 radical (unpaired) electrons. The summed E-state index contributed by atoms with van der Waals surface area (Å²) in [4.78, 5) is 24.3. The Balaban J connectivity index is 1.38. The van der Waals surface area contributed by atoms with E-state index in [4.69, 9.17) is 9.51 Å². The average molecular weight is 479 g/mol. The van der Waals surface area contributed by atoms with Crippen LogP contribution in [0.1, 0.15) is 5.89 Å². The van der Waals surface area contributed by atoms with E-state index < -0.39 is 0 Å². The third-order valence-electron chi connectivity index (χ3n) is 4.91. The Morgan fingerprint density at radius 1 is 1.03 bits per heavy atom. The first kappa shape index (κ1) is 21.0. The van der Waals surface area contributed by atoms with E-state index in [9.17, 15) is 4.79 Å². The Kier molecular flexibility index (Phi) is 5.86. The number of fused-ring (bicyclic) bond motifs is 1. The predicted octanol–water partition coefficient (Wildman–Crippen LogP) is 5.73. The van der Waals surface area contributed by atoms with Crippen LogP contribution in [0.15, 0.2) is 80.0 Å². The first-order chi connectivity index (χ1) is 15.6. The molecule has 0 fully saturated rings. The fourth-order valence-corrected chi connectivity index (χ4v) is 5.50. The van der Waals surface area contributed by atoms with Gasteiger partial charge in [0.1, 0.15) is 4.70 Å². The summed E-state index contributed by atoms with van der Waals surface area (Å²) in [6.45, 7) is 0. The summed E-state index contributed by atoms with van der Waals surface area (Å²) in [7, 11) is 1.74. The van der Waals surface area contributed by atoms with Crippen LogP contribution in [0.2, 0.25) is 0 Å². The average Bonchev–Trinajstić information content (AvgIpc) is 3.49. The predicted molar refractivity (Wildman–Crippen MR) is 131 cm³/mol. The van der Waals surface area contributed by atoms with Crippen molar-refractivity contribution < 1.29 is 4.52 Å². The summed E-state index contributed by atoms with van der Waals surface area (Å²) in [6.07, 6.45) is 2.04. The Morgan fingerprint density at radius 2 is 1.81 bits per heavy atom. The van der Waals surface area contributed by atoms with Gasteiger partial charge in [0.15, 0.2) is 5.16 Å². The van der Waals surface area contributed by atoms with E-state index in [2.05, 4.69) is 10.1 Å².